The molecule has 8 heteroatoms. The molecule has 0 spiro atoms. The molecule has 2 aromatic heterocycles. The quantitative estimate of drug-likeness (QED) is 0.588. The van der Waals surface area contributed by atoms with Gasteiger partial charge in [0.1, 0.15) is 5.75 Å². The van der Waals surface area contributed by atoms with E-state index in [2.05, 4.69) is 15.5 Å². The standard InChI is InChI=1S/C20H22N4O2S2/c1-26-16-10-5-4-9-15(16)24-19(17-11-6-12-27-17)22-23-20(24)28-13-18(25)21-14-7-2-3-8-14/h4-6,9-12,14H,2-3,7-8,13H2,1H3,(H,21,25). The summed E-state index contributed by atoms with van der Waals surface area (Å²) in [6.07, 6.45) is 4.56. The first kappa shape index (κ1) is 19.0. The molecule has 3 aromatic rings. The SMILES string of the molecule is COc1ccccc1-n1c(SCC(=O)NC2CCCC2)nnc1-c1cccs1. The van der Waals surface area contributed by atoms with Crippen LogP contribution in [0.1, 0.15) is 25.7 Å². The second-order valence-electron chi connectivity index (χ2n) is 6.63. The van der Waals surface area contributed by atoms with E-state index in [9.17, 15) is 4.79 Å². The van der Waals surface area contributed by atoms with Crippen molar-refractivity contribution in [1.29, 1.82) is 0 Å². The molecule has 6 nitrogen and oxygen atoms in total. The Morgan fingerprint density at radius 2 is 2.07 bits per heavy atom. The maximum Gasteiger partial charge on any atom is 0.230 e. The van der Waals surface area contributed by atoms with Gasteiger partial charge in [0.15, 0.2) is 11.0 Å². The van der Waals surface area contributed by atoms with E-state index >= 15 is 0 Å². The second kappa shape index (κ2) is 8.79. The van der Waals surface area contributed by atoms with Crippen molar-refractivity contribution < 1.29 is 9.53 Å². The van der Waals surface area contributed by atoms with Crippen molar-refractivity contribution in [3.05, 3.63) is 41.8 Å². The fraction of sp³-hybridized carbons (Fsp3) is 0.350. The molecule has 1 amide bonds. The normalized spacial score (nSPS) is 14.3. The predicted octanol–water partition coefficient (Wildman–Crippen LogP) is 4.16. The minimum Gasteiger partial charge on any atom is -0.495 e. The molecule has 1 aliphatic carbocycles. The molecule has 1 aromatic carbocycles. The average molecular weight is 415 g/mol. The van der Waals surface area contributed by atoms with Crippen LogP contribution in [0.5, 0.6) is 5.75 Å². The molecule has 146 valence electrons. The Kier molecular flexibility index (Phi) is 5.97. The lowest BCUT2D eigenvalue weighted by atomic mass is 10.2. The zero-order valence-electron chi connectivity index (χ0n) is 15.6. The van der Waals surface area contributed by atoms with Gasteiger partial charge in [-0.1, -0.05) is 42.8 Å². The van der Waals surface area contributed by atoms with E-state index in [0.717, 1.165) is 35.0 Å². The fourth-order valence-corrected chi connectivity index (χ4v) is 4.88. The summed E-state index contributed by atoms with van der Waals surface area (Å²) in [7, 11) is 1.65. The number of aromatic nitrogens is 3. The van der Waals surface area contributed by atoms with Gasteiger partial charge in [0.2, 0.25) is 5.91 Å². The van der Waals surface area contributed by atoms with E-state index in [1.807, 2.05) is 46.3 Å². The molecule has 4 rings (SSSR count). The van der Waals surface area contributed by atoms with E-state index in [1.165, 1.54) is 24.6 Å². The molecule has 0 unspecified atom stereocenters. The van der Waals surface area contributed by atoms with Crippen molar-refractivity contribution in [2.45, 2.75) is 36.9 Å². The molecule has 28 heavy (non-hydrogen) atoms. The maximum absolute atomic E-state index is 12.4. The Balaban J connectivity index is 1.61. The second-order valence-corrected chi connectivity index (χ2v) is 8.52. The van der Waals surface area contributed by atoms with Crippen LogP contribution in [-0.4, -0.2) is 39.6 Å². The van der Waals surface area contributed by atoms with Gasteiger partial charge in [0.05, 0.1) is 23.4 Å². The number of nitrogens with zero attached hydrogens (tertiary/aromatic N) is 3. The number of rotatable bonds is 7. The van der Waals surface area contributed by atoms with E-state index in [0.29, 0.717) is 17.0 Å². The minimum absolute atomic E-state index is 0.0455. The van der Waals surface area contributed by atoms with Crippen molar-refractivity contribution in [3.63, 3.8) is 0 Å². The molecule has 2 heterocycles. The van der Waals surface area contributed by atoms with Crippen molar-refractivity contribution in [2.75, 3.05) is 12.9 Å². The van der Waals surface area contributed by atoms with Crippen LogP contribution in [0.25, 0.3) is 16.4 Å². The van der Waals surface area contributed by atoms with Crippen LogP contribution < -0.4 is 10.1 Å². The van der Waals surface area contributed by atoms with Gasteiger partial charge in [0, 0.05) is 6.04 Å². The average Bonchev–Trinajstić information content (AvgIpc) is 3.47. The fourth-order valence-electron chi connectivity index (χ4n) is 3.43. The van der Waals surface area contributed by atoms with Crippen LogP contribution >= 0.6 is 23.1 Å². The lowest BCUT2D eigenvalue weighted by molar-refractivity contribution is -0.119. The molecule has 0 radical (unpaired) electrons. The van der Waals surface area contributed by atoms with Crippen molar-refractivity contribution >= 4 is 29.0 Å². The molecule has 1 aliphatic rings. The summed E-state index contributed by atoms with van der Waals surface area (Å²) in [5.41, 5.74) is 0.858. The van der Waals surface area contributed by atoms with E-state index in [-0.39, 0.29) is 5.91 Å². The first-order valence-corrected chi connectivity index (χ1v) is 11.2. The smallest absolute Gasteiger partial charge is 0.230 e. The van der Waals surface area contributed by atoms with Gasteiger partial charge < -0.3 is 10.1 Å². The van der Waals surface area contributed by atoms with Gasteiger partial charge in [-0.25, -0.2) is 0 Å². The number of thiophene rings is 1. The highest BCUT2D eigenvalue weighted by molar-refractivity contribution is 7.99. The molecule has 0 saturated heterocycles. The van der Waals surface area contributed by atoms with Gasteiger partial charge >= 0.3 is 0 Å². The van der Waals surface area contributed by atoms with Crippen LogP contribution in [0, 0.1) is 0 Å². The number of nitrogens with one attached hydrogen (secondary N) is 1. The molecule has 0 atom stereocenters. The van der Waals surface area contributed by atoms with Gasteiger partial charge in [0.25, 0.3) is 0 Å². The maximum atomic E-state index is 12.4. The topological polar surface area (TPSA) is 69.0 Å². The highest BCUT2D eigenvalue weighted by Gasteiger charge is 2.21. The number of para-hydroxylation sites is 2. The summed E-state index contributed by atoms with van der Waals surface area (Å²) in [6.45, 7) is 0. The van der Waals surface area contributed by atoms with Crippen LogP contribution in [0.2, 0.25) is 0 Å². The summed E-state index contributed by atoms with van der Waals surface area (Å²) in [4.78, 5) is 13.4. The molecule has 0 aliphatic heterocycles. The zero-order valence-corrected chi connectivity index (χ0v) is 17.3. The van der Waals surface area contributed by atoms with Crippen LogP contribution in [0.15, 0.2) is 46.9 Å². The lowest BCUT2D eigenvalue weighted by Crippen LogP contribution is -2.33. The van der Waals surface area contributed by atoms with Crippen molar-refractivity contribution in [1.82, 2.24) is 20.1 Å². The van der Waals surface area contributed by atoms with Crippen LogP contribution in [0.3, 0.4) is 0 Å². The highest BCUT2D eigenvalue weighted by atomic mass is 32.2. The molecule has 0 bridgehead atoms. The summed E-state index contributed by atoms with van der Waals surface area (Å²) in [5.74, 6) is 1.84. The summed E-state index contributed by atoms with van der Waals surface area (Å²) >= 11 is 3.00. The number of carbonyl (C=O) groups is 1. The third-order valence-corrected chi connectivity index (χ3v) is 6.55. The van der Waals surface area contributed by atoms with Gasteiger partial charge in [-0.05, 0) is 36.4 Å². The Morgan fingerprint density at radius 3 is 2.82 bits per heavy atom. The number of thioether (sulfide) groups is 1. The minimum atomic E-state index is 0.0455. The monoisotopic (exact) mass is 414 g/mol. The predicted molar refractivity (Wildman–Crippen MR) is 112 cm³/mol. The number of methoxy groups -OCH3 is 1. The molecular weight excluding hydrogens is 392 g/mol. The number of carbonyl (C=O) groups excluding carboxylic acids is 1. The first-order chi connectivity index (χ1) is 13.8. The van der Waals surface area contributed by atoms with Gasteiger partial charge in [-0.2, -0.15) is 0 Å². The lowest BCUT2D eigenvalue weighted by Gasteiger charge is -2.14. The largest absolute Gasteiger partial charge is 0.495 e. The summed E-state index contributed by atoms with van der Waals surface area (Å²) < 4.78 is 7.52. The van der Waals surface area contributed by atoms with Crippen molar-refractivity contribution in [3.8, 4) is 22.1 Å². The number of hydrogen-bond acceptors (Lipinski definition) is 6. The Labute approximate surface area is 172 Å². The molecule has 1 fully saturated rings. The first-order valence-electron chi connectivity index (χ1n) is 9.31. The van der Waals surface area contributed by atoms with E-state index < -0.39 is 0 Å². The summed E-state index contributed by atoms with van der Waals surface area (Å²) in [5, 5.41) is 14.6. The molecular formula is C20H22N4O2S2. The third-order valence-electron chi connectivity index (χ3n) is 4.75. The van der Waals surface area contributed by atoms with Gasteiger partial charge in [-0.3, -0.25) is 9.36 Å². The summed E-state index contributed by atoms with van der Waals surface area (Å²) in [6, 6.07) is 12.1. The van der Waals surface area contributed by atoms with Crippen LogP contribution in [-0.2, 0) is 4.79 Å². The highest BCUT2D eigenvalue weighted by Crippen LogP contribution is 2.34. The number of hydrogen-bond donors (Lipinski definition) is 1. The van der Waals surface area contributed by atoms with E-state index in [4.69, 9.17) is 4.74 Å². The third kappa shape index (κ3) is 4.07. The van der Waals surface area contributed by atoms with E-state index in [1.54, 1.807) is 18.4 Å². The Hall–Kier alpha value is -2.32. The van der Waals surface area contributed by atoms with Crippen molar-refractivity contribution in [2.24, 2.45) is 0 Å². The molecule has 1 N–H and O–H groups in total. The number of benzene rings is 1. The number of ether oxygens (including phenoxy) is 1. The zero-order chi connectivity index (χ0) is 19.3. The number of amides is 1. The van der Waals surface area contributed by atoms with Gasteiger partial charge in [-0.15, -0.1) is 21.5 Å². The molecule has 1 saturated carbocycles. The Morgan fingerprint density at radius 1 is 1.25 bits per heavy atom. The van der Waals surface area contributed by atoms with Crippen LogP contribution in [0.4, 0.5) is 0 Å². The Bertz CT molecular complexity index is 934.